The number of benzene rings is 1. The van der Waals surface area contributed by atoms with Gasteiger partial charge in [0.05, 0.1) is 12.5 Å². The van der Waals surface area contributed by atoms with Crippen LogP contribution in [0.1, 0.15) is 0 Å². The molecule has 1 heterocycles. The van der Waals surface area contributed by atoms with Crippen molar-refractivity contribution in [3.8, 4) is 5.88 Å². The van der Waals surface area contributed by atoms with E-state index in [1.165, 1.54) is 6.20 Å². The Morgan fingerprint density at radius 1 is 1.47 bits per heavy atom. The molecule has 0 aliphatic rings. The third kappa shape index (κ3) is 2.21. The van der Waals surface area contributed by atoms with E-state index in [4.69, 9.17) is 4.18 Å². The molecule has 0 saturated carbocycles. The second kappa shape index (κ2) is 3.47. The lowest BCUT2D eigenvalue weighted by Gasteiger charge is -2.03. The van der Waals surface area contributed by atoms with Crippen LogP contribution in [-0.2, 0) is 10.1 Å². The van der Waals surface area contributed by atoms with Gasteiger partial charge < -0.3 is 4.18 Å². The summed E-state index contributed by atoms with van der Waals surface area (Å²) in [7, 11) is -3.58. The van der Waals surface area contributed by atoms with Crippen molar-refractivity contribution in [3.63, 3.8) is 0 Å². The van der Waals surface area contributed by atoms with Crippen LogP contribution in [0.2, 0.25) is 0 Å². The third-order valence-electron chi connectivity index (χ3n) is 1.70. The highest BCUT2D eigenvalue weighted by molar-refractivity contribution is 7.86. The van der Waals surface area contributed by atoms with Gasteiger partial charge >= 0.3 is 10.1 Å². The summed E-state index contributed by atoms with van der Waals surface area (Å²) in [5.41, 5.74) is 0. The summed E-state index contributed by atoms with van der Waals surface area (Å²) in [5.74, 6) is -0.0102. The maximum Gasteiger partial charge on any atom is 0.307 e. The van der Waals surface area contributed by atoms with Gasteiger partial charge in [0, 0.05) is 10.8 Å². The monoisotopic (exact) mass is 223 g/mol. The van der Waals surface area contributed by atoms with Crippen LogP contribution < -0.4 is 4.18 Å². The van der Waals surface area contributed by atoms with Crippen LogP contribution in [0.25, 0.3) is 10.8 Å². The molecule has 2 aromatic rings. The SMILES string of the molecule is CS(=O)(=O)Oc1nncc2c[c]ccc12. The van der Waals surface area contributed by atoms with Crippen LogP contribution >= 0.6 is 0 Å². The quantitative estimate of drug-likeness (QED) is 0.703. The fourth-order valence-corrected chi connectivity index (χ4v) is 1.56. The molecule has 1 aromatic heterocycles. The number of aromatic nitrogens is 2. The summed E-state index contributed by atoms with van der Waals surface area (Å²) in [6.07, 6.45) is 2.48. The molecule has 0 unspecified atom stereocenters. The van der Waals surface area contributed by atoms with E-state index in [1.54, 1.807) is 18.2 Å². The fraction of sp³-hybridized carbons (Fsp3) is 0.111. The lowest BCUT2D eigenvalue weighted by molar-refractivity contribution is 0.482. The molecule has 0 aliphatic carbocycles. The molecule has 0 saturated heterocycles. The molecule has 15 heavy (non-hydrogen) atoms. The van der Waals surface area contributed by atoms with Crippen molar-refractivity contribution in [2.75, 3.05) is 6.26 Å². The van der Waals surface area contributed by atoms with E-state index in [2.05, 4.69) is 16.3 Å². The van der Waals surface area contributed by atoms with E-state index in [0.717, 1.165) is 11.6 Å². The van der Waals surface area contributed by atoms with Crippen LogP contribution in [0.15, 0.2) is 24.4 Å². The summed E-state index contributed by atoms with van der Waals surface area (Å²) in [6, 6.07) is 7.86. The Labute approximate surface area is 86.8 Å². The first-order valence-corrected chi connectivity index (χ1v) is 5.89. The average molecular weight is 223 g/mol. The van der Waals surface area contributed by atoms with E-state index >= 15 is 0 Å². The van der Waals surface area contributed by atoms with Crippen molar-refractivity contribution < 1.29 is 12.6 Å². The first kappa shape index (κ1) is 9.85. The minimum Gasteiger partial charge on any atom is -0.359 e. The summed E-state index contributed by atoms with van der Waals surface area (Å²) >= 11 is 0. The smallest absolute Gasteiger partial charge is 0.307 e. The van der Waals surface area contributed by atoms with Crippen molar-refractivity contribution in [2.45, 2.75) is 0 Å². The van der Waals surface area contributed by atoms with Crippen LogP contribution in [0.3, 0.4) is 0 Å². The summed E-state index contributed by atoms with van der Waals surface area (Å²) in [6.45, 7) is 0. The molecular weight excluding hydrogens is 216 g/mol. The molecule has 0 aliphatic heterocycles. The number of rotatable bonds is 2. The van der Waals surface area contributed by atoms with Crippen molar-refractivity contribution in [1.82, 2.24) is 10.2 Å². The van der Waals surface area contributed by atoms with Gasteiger partial charge in [0.25, 0.3) is 5.88 Å². The van der Waals surface area contributed by atoms with Gasteiger partial charge in [0.15, 0.2) is 0 Å². The predicted octanol–water partition coefficient (Wildman–Crippen LogP) is 0.768. The van der Waals surface area contributed by atoms with E-state index in [0.29, 0.717) is 5.39 Å². The highest BCUT2D eigenvalue weighted by Gasteiger charge is 2.09. The topological polar surface area (TPSA) is 69.2 Å². The Balaban J connectivity index is 2.61. The zero-order valence-electron chi connectivity index (χ0n) is 7.84. The molecule has 5 nitrogen and oxygen atoms in total. The maximum atomic E-state index is 10.9. The number of hydrogen-bond donors (Lipinski definition) is 0. The highest BCUT2D eigenvalue weighted by Crippen LogP contribution is 2.21. The Kier molecular flexibility index (Phi) is 2.28. The maximum absolute atomic E-state index is 10.9. The zero-order valence-corrected chi connectivity index (χ0v) is 8.65. The van der Waals surface area contributed by atoms with Crippen molar-refractivity contribution in [2.24, 2.45) is 0 Å². The van der Waals surface area contributed by atoms with Crippen LogP contribution in [0.4, 0.5) is 0 Å². The molecule has 6 heteroatoms. The van der Waals surface area contributed by atoms with Gasteiger partial charge in [-0.15, -0.1) is 5.10 Å². The molecule has 2 rings (SSSR count). The number of nitrogens with zero attached hydrogens (tertiary/aromatic N) is 2. The molecule has 0 fully saturated rings. The molecule has 0 atom stereocenters. The third-order valence-corrected chi connectivity index (χ3v) is 2.16. The van der Waals surface area contributed by atoms with E-state index in [9.17, 15) is 8.42 Å². The van der Waals surface area contributed by atoms with E-state index in [-0.39, 0.29) is 5.88 Å². The van der Waals surface area contributed by atoms with Crippen LogP contribution in [0, 0.1) is 6.07 Å². The molecule has 1 radical (unpaired) electrons. The van der Waals surface area contributed by atoms with Gasteiger partial charge in [0.2, 0.25) is 0 Å². The summed E-state index contributed by atoms with van der Waals surface area (Å²) in [4.78, 5) is 0. The second-order valence-corrected chi connectivity index (χ2v) is 4.53. The van der Waals surface area contributed by atoms with Gasteiger partial charge in [-0.2, -0.15) is 13.5 Å². The van der Waals surface area contributed by atoms with Crippen LogP contribution in [0.5, 0.6) is 5.88 Å². The first-order chi connectivity index (χ1) is 7.06. The molecule has 0 amide bonds. The lowest BCUT2D eigenvalue weighted by atomic mass is 10.2. The molecular formula is C9H7N2O3S. The average Bonchev–Trinajstić information content (AvgIpc) is 2.16. The number of hydrogen-bond acceptors (Lipinski definition) is 5. The first-order valence-electron chi connectivity index (χ1n) is 4.07. The van der Waals surface area contributed by atoms with E-state index < -0.39 is 10.1 Å². The fourth-order valence-electron chi connectivity index (χ4n) is 1.15. The van der Waals surface area contributed by atoms with Crippen LogP contribution in [-0.4, -0.2) is 24.9 Å². The minimum atomic E-state index is -3.58. The van der Waals surface area contributed by atoms with Gasteiger partial charge in [0.1, 0.15) is 0 Å². The van der Waals surface area contributed by atoms with Crippen molar-refractivity contribution >= 4 is 20.9 Å². The standard InChI is InChI=1S/C9H7N2O3S/c1-15(12,13)14-9-8-5-3-2-4-7(8)6-10-11-9/h3-6H,1H3. The van der Waals surface area contributed by atoms with Gasteiger partial charge in [-0.3, -0.25) is 0 Å². The molecule has 0 N–H and O–H groups in total. The largest absolute Gasteiger partial charge is 0.359 e. The Bertz CT molecular complexity index is 590. The molecule has 1 aromatic carbocycles. The molecule has 0 spiro atoms. The normalized spacial score (nSPS) is 11.5. The Morgan fingerprint density at radius 2 is 2.27 bits per heavy atom. The Hall–Kier alpha value is -1.69. The highest BCUT2D eigenvalue weighted by atomic mass is 32.2. The minimum absolute atomic E-state index is 0.0102. The molecule has 77 valence electrons. The predicted molar refractivity (Wildman–Crippen MR) is 53.8 cm³/mol. The molecule has 0 bridgehead atoms. The van der Waals surface area contributed by atoms with Gasteiger partial charge in [-0.1, -0.05) is 6.07 Å². The summed E-state index contributed by atoms with van der Waals surface area (Å²) < 4.78 is 26.6. The second-order valence-electron chi connectivity index (χ2n) is 2.95. The number of fused-ring (bicyclic) bond motifs is 1. The van der Waals surface area contributed by atoms with Gasteiger partial charge in [-0.05, 0) is 18.2 Å². The Morgan fingerprint density at radius 3 is 3.00 bits per heavy atom. The van der Waals surface area contributed by atoms with Gasteiger partial charge in [-0.25, -0.2) is 0 Å². The zero-order chi connectivity index (χ0) is 10.9. The summed E-state index contributed by atoms with van der Waals surface area (Å²) in [5, 5.41) is 8.58. The van der Waals surface area contributed by atoms with Crippen molar-refractivity contribution in [1.29, 1.82) is 0 Å². The van der Waals surface area contributed by atoms with Crippen molar-refractivity contribution in [3.05, 3.63) is 30.5 Å². The lowest BCUT2D eigenvalue weighted by Crippen LogP contribution is -2.07. The van der Waals surface area contributed by atoms with E-state index in [1.807, 2.05) is 0 Å².